The Morgan fingerprint density at radius 2 is 0.830 bits per heavy atom. The van der Waals surface area contributed by atoms with Crippen molar-refractivity contribution in [2.75, 3.05) is 13.2 Å². The molecular weight excluding hydrogens is 727 g/mol. The van der Waals surface area contributed by atoms with Crippen molar-refractivity contribution in [3.63, 3.8) is 0 Å². The van der Waals surface area contributed by atoms with Crippen LogP contribution in [0.1, 0.15) is 12.8 Å². The third kappa shape index (κ3) is 10.2. The van der Waals surface area contributed by atoms with Crippen LogP contribution in [0.25, 0.3) is 0 Å². The van der Waals surface area contributed by atoms with Gasteiger partial charge < -0.3 is 32.5 Å². The lowest BCUT2D eigenvalue weighted by atomic mass is 10.3. The zero-order chi connectivity index (χ0) is 36.0. The molecule has 0 aromatic heterocycles. The van der Waals surface area contributed by atoms with Crippen LogP contribution < -0.4 is 27.8 Å². The summed E-state index contributed by atoms with van der Waals surface area (Å²) in [6.45, 7) is 2.00. The lowest BCUT2D eigenvalue weighted by molar-refractivity contribution is 0.0545. The van der Waals surface area contributed by atoms with E-state index in [2.05, 4.69) is 0 Å². The largest absolute Gasteiger partial charge is 0.447 e. The molecule has 2 heterocycles. The first kappa shape index (κ1) is 36.4. The van der Waals surface area contributed by atoms with Crippen LogP contribution in [0.15, 0.2) is 187 Å². The fourth-order valence-corrected chi connectivity index (χ4v) is 12.3. The number of nitrogens with zero attached hydrogens (tertiary/aromatic N) is 3. The highest BCUT2D eigenvalue weighted by atomic mass is 31.3. The SMILES string of the molecule is C1CCOC1.c1ccc(ON2P(Oc3ccccc3)N=P(Oc3ccccc3)(Oc3ccccc3)N(Oc3ccccc3)P2Oc2ccccc2)cc1. The van der Waals surface area contributed by atoms with E-state index in [1.54, 1.807) is 9.21 Å². The van der Waals surface area contributed by atoms with Crippen molar-refractivity contribution in [3.8, 4) is 34.5 Å². The molecule has 0 radical (unpaired) electrons. The highest BCUT2D eigenvalue weighted by molar-refractivity contribution is 7.78. The summed E-state index contributed by atoms with van der Waals surface area (Å²) in [6, 6.07) is 56.4. The number of ether oxygens (including phenoxy) is 1. The van der Waals surface area contributed by atoms with Crippen LogP contribution in [0.3, 0.4) is 0 Å². The van der Waals surface area contributed by atoms with Gasteiger partial charge in [-0.1, -0.05) is 109 Å². The summed E-state index contributed by atoms with van der Waals surface area (Å²) in [7, 11) is -7.86. The molecule has 6 aromatic carbocycles. The fraction of sp³-hybridized carbons (Fsp3) is 0.100. The van der Waals surface area contributed by atoms with Crippen molar-refractivity contribution in [3.05, 3.63) is 182 Å². The molecule has 0 saturated carbocycles. The predicted molar refractivity (Wildman–Crippen MR) is 209 cm³/mol. The summed E-state index contributed by atoms with van der Waals surface area (Å²) >= 11 is 0. The molecule has 2 aliphatic heterocycles. The molecule has 2 aliphatic rings. The number of hydrogen-bond acceptors (Lipinski definition) is 10. The van der Waals surface area contributed by atoms with Gasteiger partial charge in [0.05, 0.1) is 0 Å². The Balaban J connectivity index is 0.000000804. The minimum absolute atomic E-state index is 0.518. The van der Waals surface area contributed by atoms with Gasteiger partial charge in [-0.3, -0.25) is 0 Å². The Morgan fingerprint density at radius 1 is 0.453 bits per heavy atom. The molecular formula is C40H38N3O7P3. The summed E-state index contributed by atoms with van der Waals surface area (Å²) in [4.78, 5) is 13.4. The van der Waals surface area contributed by atoms with Gasteiger partial charge >= 0.3 is 24.6 Å². The molecule has 0 amide bonds. The van der Waals surface area contributed by atoms with Gasteiger partial charge in [-0.05, 0) is 85.6 Å². The molecule has 10 nitrogen and oxygen atoms in total. The predicted octanol–water partition coefficient (Wildman–Crippen LogP) is 12.1. The van der Waals surface area contributed by atoms with Crippen molar-refractivity contribution in [2.45, 2.75) is 12.8 Å². The summed E-state index contributed by atoms with van der Waals surface area (Å²) in [6.07, 6.45) is 2.56. The van der Waals surface area contributed by atoms with Crippen LogP contribution in [0.2, 0.25) is 0 Å². The average Bonchev–Trinajstić information content (AvgIpc) is 3.81. The maximum atomic E-state index is 6.88. The highest BCUT2D eigenvalue weighted by Gasteiger charge is 2.58. The second-order valence-electron chi connectivity index (χ2n) is 11.3. The highest BCUT2D eigenvalue weighted by Crippen LogP contribution is 2.77. The van der Waals surface area contributed by atoms with Crippen LogP contribution >= 0.6 is 24.6 Å². The van der Waals surface area contributed by atoms with Gasteiger partial charge in [-0.2, -0.15) is 0 Å². The Bertz CT molecular complexity index is 1950. The van der Waals surface area contributed by atoms with E-state index < -0.39 is 24.6 Å². The van der Waals surface area contributed by atoms with E-state index in [0.717, 1.165) is 13.2 Å². The first-order valence-corrected chi connectivity index (χ1v) is 20.9. The summed E-state index contributed by atoms with van der Waals surface area (Å²) in [5, 5.41) is 0. The Labute approximate surface area is 312 Å². The van der Waals surface area contributed by atoms with Crippen LogP contribution in [-0.2, 0) is 4.74 Å². The van der Waals surface area contributed by atoms with E-state index in [4.69, 9.17) is 37.0 Å². The quantitative estimate of drug-likeness (QED) is 0.113. The van der Waals surface area contributed by atoms with Gasteiger partial charge in [0.25, 0.3) is 0 Å². The second kappa shape index (κ2) is 18.7. The number of hydrogen-bond donors (Lipinski definition) is 0. The molecule has 2 unspecified atom stereocenters. The van der Waals surface area contributed by atoms with Crippen molar-refractivity contribution < 1.29 is 32.5 Å². The van der Waals surface area contributed by atoms with Crippen LogP contribution in [0, 0.1) is 0 Å². The normalized spacial score (nSPS) is 18.0. The van der Waals surface area contributed by atoms with E-state index >= 15 is 0 Å². The molecule has 6 aromatic rings. The average molecular weight is 766 g/mol. The van der Waals surface area contributed by atoms with Crippen molar-refractivity contribution in [2.24, 2.45) is 4.52 Å². The molecule has 1 saturated heterocycles. The topological polar surface area (TPSA) is 83.5 Å². The molecule has 8 rings (SSSR count). The fourth-order valence-electron chi connectivity index (χ4n) is 4.85. The Morgan fingerprint density at radius 3 is 1.25 bits per heavy atom. The first-order chi connectivity index (χ1) is 26.2. The molecule has 270 valence electrons. The molecule has 0 N–H and O–H groups in total. The van der Waals surface area contributed by atoms with Crippen molar-refractivity contribution in [1.29, 1.82) is 0 Å². The van der Waals surface area contributed by atoms with Gasteiger partial charge in [0.15, 0.2) is 0 Å². The Kier molecular flexibility index (Phi) is 12.9. The number of para-hydroxylation sites is 6. The maximum absolute atomic E-state index is 6.88. The lowest BCUT2D eigenvalue weighted by Crippen LogP contribution is -2.37. The zero-order valence-electron chi connectivity index (χ0n) is 28.7. The number of rotatable bonds is 12. The van der Waals surface area contributed by atoms with E-state index in [1.165, 1.54) is 12.8 Å². The van der Waals surface area contributed by atoms with Gasteiger partial charge in [-0.15, -0.1) is 4.52 Å². The standard InChI is InChI=1S/C36H30N3O6P3.C4H8O/c1-7-19-31(20-8-1)40-38-46(42-33-23-11-3-12-24-33)37-48(44-35-27-15-5-16-28-35,45-36-29-17-6-18-30-36)39(41-32-21-9-2-10-22-32)47(38)43-34-25-13-4-14-26-34;1-2-4-5-3-1/h1-30H;1-4H2. The molecule has 0 aliphatic carbocycles. The van der Waals surface area contributed by atoms with E-state index in [-0.39, 0.29) is 0 Å². The number of benzene rings is 6. The zero-order valence-corrected chi connectivity index (χ0v) is 31.4. The monoisotopic (exact) mass is 765 g/mol. The third-order valence-electron chi connectivity index (χ3n) is 7.33. The second-order valence-corrected chi connectivity index (χ2v) is 16.9. The van der Waals surface area contributed by atoms with Crippen molar-refractivity contribution >= 4 is 24.6 Å². The lowest BCUT2D eigenvalue weighted by Gasteiger charge is -2.43. The summed E-state index contributed by atoms with van der Waals surface area (Å²) in [5.74, 6) is 3.27. The van der Waals surface area contributed by atoms with Gasteiger partial charge in [0.1, 0.15) is 34.5 Å². The van der Waals surface area contributed by atoms with E-state index in [1.807, 2.05) is 182 Å². The van der Waals surface area contributed by atoms with E-state index in [9.17, 15) is 0 Å². The van der Waals surface area contributed by atoms with Crippen LogP contribution in [0.5, 0.6) is 34.5 Å². The van der Waals surface area contributed by atoms with Crippen LogP contribution in [-0.4, -0.2) is 22.4 Å². The summed E-state index contributed by atoms with van der Waals surface area (Å²) < 4.78 is 40.7. The van der Waals surface area contributed by atoms with E-state index in [0.29, 0.717) is 34.5 Å². The van der Waals surface area contributed by atoms with Crippen molar-refractivity contribution in [1.82, 2.24) is 9.21 Å². The molecule has 0 spiro atoms. The first-order valence-electron chi connectivity index (χ1n) is 17.1. The molecule has 53 heavy (non-hydrogen) atoms. The molecule has 13 heteroatoms. The van der Waals surface area contributed by atoms with Gasteiger partial charge in [0.2, 0.25) is 0 Å². The Hall–Kier alpha value is -4.91. The van der Waals surface area contributed by atoms with Crippen LogP contribution in [0.4, 0.5) is 0 Å². The smallest absolute Gasteiger partial charge is 0.440 e. The third-order valence-corrected chi connectivity index (χ3v) is 14.2. The van der Waals surface area contributed by atoms with Gasteiger partial charge in [-0.25, -0.2) is 0 Å². The minimum atomic E-state index is -3.72. The molecule has 2 atom stereocenters. The molecule has 1 fully saturated rings. The maximum Gasteiger partial charge on any atom is 0.447 e. The van der Waals surface area contributed by atoms with Gasteiger partial charge in [0, 0.05) is 22.4 Å². The molecule has 0 bridgehead atoms. The summed E-state index contributed by atoms with van der Waals surface area (Å²) in [5.41, 5.74) is 0. The minimum Gasteiger partial charge on any atom is -0.440 e.